The van der Waals surface area contributed by atoms with Gasteiger partial charge in [0.05, 0.1) is 11.1 Å². The number of carboxylic acids is 1. The smallest absolute Gasteiger partial charge is 0.330 e. The van der Waals surface area contributed by atoms with E-state index in [1.807, 2.05) is 0 Å². The van der Waals surface area contributed by atoms with Crippen molar-refractivity contribution in [2.75, 3.05) is 0 Å². The lowest BCUT2D eigenvalue weighted by atomic mass is 9.92. The maximum absolute atomic E-state index is 13.4. The monoisotopic (exact) mass is 426 g/mol. The number of hydrogen-bond acceptors (Lipinski definition) is 4. The lowest BCUT2D eigenvalue weighted by Gasteiger charge is -2.36. The van der Waals surface area contributed by atoms with Crippen LogP contribution in [0.4, 0.5) is 0 Å². The Morgan fingerprint density at radius 3 is 2.00 bits per heavy atom. The number of fused-ring (bicyclic) bond motifs is 1. The number of rotatable bonds is 5. The van der Waals surface area contributed by atoms with Crippen molar-refractivity contribution in [1.29, 1.82) is 0 Å². The minimum Gasteiger partial charge on any atom is -0.479 e. The summed E-state index contributed by atoms with van der Waals surface area (Å²) < 4.78 is 0. The Kier molecular flexibility index (Phi) is 5.07. The molecule has 154 valence electrons. The van der Waals surface area contributed by atoms with Crippen molar-refractivity contribution in [1.82, 2.24) is 10.2 Å². The molecule has 8 heteroatoms. The second-order valence-electron chi connectivity index (χ2n) is 7.53. The van der Waals surface area contributed by atoms with Crippen LogP contribution < -0.4 is 5.32 Å². The molecule has 1 aliphatic carbocycles. The average molecular weight is 427 g/mol. The summed E-state index contributed by atoms with van der Waals surface area (Å²) in [5, 5.41) is 12.7. The standard InChI is InChI=1S/C22H19ClN2O5/c23-14-9-7-13(8-10-14)17(20(28)29)24-21(30)22(11-3-4-12-22)25-18(26)15-5-1-2-6-16(15)19(25)27/h1-2,5-10,17H,3-4,11-12H2,(H,24,30)(H,28,29)/t17-/m0/s1. The highest BCUT2D eigenvalue weighted by molar-refractivity contribution is 6.30. The van der Waals surface area contributed by atoms with Crippen LogP contribution in [0.1, 0.15) is 58.0 Å². The number of aliphatic carboxylic acids is 1. The van der Waals surface area contributed by atoms with Crippen LogP contribution in [0, 0.1) is 0 Å². The van der Waals surface area contributed by atoms with E-state index in [2.05, 4.69) is 5.32 Å². The first-order valence-electron chi connectivity index (χ1n) is 9.62. The number of carbonyl (C=O) groups excluding carboxylic acids is 3. The molecule has 4 rings (SSSR count). The third-order valence-electron chi connectivity index (χ3n) is 5.80. The molecule has 2 N–H and O–H groups in total. The maximum Gasteiger partial charge on any atom is 0.330 e. The van der Waals surface area contributed by atoms with Gasteiger partial charge in [-0.05, 0) is 42.7 Å². The van der Waals surface area contributed by atoms with Gasteiger partial charge in [0.1, 0.15) is 5.54 Å². The number of nitrogens with one attached hydrogen (secondary N) is 1. The first-order valence-corrected chi connectivity index (χ1v) is 10.00. The zero-order chi connectivity index (χ0) is 21.5. The Bertz CT molecular complexity index is 1010. The average Bonchev–Trinajstić information content (AvgIpc) is 3.31. The van der Waals surface area contributed by atoms with Crippen LogP contribution in [0.5, 0.6) is 0 Å². The van der Waals surface area contributed by atoms with Crippen LogP contribution in [-0.2, 0) is 9.59 Å². The van der Waals surface area contributed by atoms with Crippen molar-refractivity contribution in [2.45, 2.75) is 37.3 Å². The summed E-state index contributed by atoms with van der Waals surface area (Å²) in [7, 11) is 0. The number of hydrogen-bond donors (Lipinski definition) is 2. The fourth-order valence-corrected chi connectivity index (χ4v) is 4.42. The summed E-state index contributed by atoms with van der Waals surface area (Å²) in [5.41, 5.74) is -0.549. The third-order valence-corrected chi connectivity index (χ3v) is 6.05. The molecule has 1 saturated carbocycles. The number of carboxylic acid groups (broad SMARTS) is 1. The van der Waals surface area contributed by atoms with Crippen LogP contribution in [0.2, 0.25) is 5.02 Å². The highest BCUT2D eigenvalue weighted by Gasteiger charge is 2.55. The van der Waals surface area contributed by atoms with Gasteiger partial charge in [-0.25, -0.2) is 4.79 Å². The number of halogens is 1. The first kappa shape index (κ1) is 20.1. The molecule has 1 atom stereocenters. The van der Waals surface area contributed by atoms with E-state index in [9.17, 15) is 24.3 Å². The van der Waals surface area contributed by atoms with Gasteiger partial charge in [-0.3, -0.25) is 19.3 Å². The Morgan fingerprint density at radius 2 is 1.50 bits per heavy atom. The zero-order valence-corrected chi connectivity index (χ0v) is 16.7. The Labute approximate surface area is 177 Å². The van der Waals surface area contributed by atoms with Crippen molar-refractivity contribution in [3.8, 4) is 0 Å². The highest BCUT2D eigenvalue weighted by atomic mass is 35.5. The second kappa shape index (κ2) is 7.57. The molecule has 2 aromatic rings. The van der Waals surface area contributed by atoms with Crippen LogP contribution in [-0.4, -0.2) is 39.2 Å². The number of nitrogens with zero attached hydrogens (tertiary/aromatic N) is 1. The van der Waals surface area contributed by atoms with E-state index < -0.39 is 35.3 Å². The van der Waals surface area contributed by atoms with Gasteiger partial charge in [0.2, 0.25) is 5.91 Å². The van der Waals surface area contributed by atoms with Gasteiger partial charge in [0.25, 0.3) is 11.8 Å². The summed E-state index contributed by atoms with van der Waals surface area (Å²) in [6.07, 6.45) is 1.88. The van der Waals surface area contributed by atoms with E-state index in [0.29, 0.717) is 23.4 Å². The molecule has 2 aromatic carbocycles. The molecule has 0 spiro atoms. The van der Waals surface area contributed by atoms with Crippen LogP contribution in [0.3, 0.4) is 0 Å². The molecule has 1 fully saturated rings. The van der Waals surface area contributed by atoms with Crippen molar-refractivity contribution in [3.05, 3.63) is 70.2 Å². The molecular weight excluding hydrogens is 408 g/mol. The minimum atomic E-state index is -1.41. The molecule has 3 amide bonds. The maximum atomic E-state index is 13.4. The number of carbonyl (C=O) groups is 4. The van der Waals surface area contributed by atoms with Crippen LogP contribution in [0.15, 0.2) is 48.5 Å². The molecular formula is C22H19ClN2O5. The Hall–Kier alpha value is -3.19. The second-order valence-corrected chi connectivity index (χ2v) is 7.96. The lowest BCUT2D eigenvalue weighted by Crippen LogP contribution is -2.60. The normalized spacial score (nSPS) is 18.2. The van der Waals surface area contributed by atoms with Gasteiger partial charge in [0, 0.05) is 5.02 Å². The first-order chi connectivity index (χ1) is 14.3. The van der Waals surface area contributed by atoms with Crippen molar-refractivity contribution < 1.29 is 24.3 Å². The molecule has 0 unspecified atom stereocenters. The molecule has 2 aliphatic rings. The van der Waals surface area contributed by atoms with Gasteiger partial charge < -0.3 is 10.4 Å². The molecule has 30 heavy (non-hydrogen) atoms. The van der Waals surface area contributed by atoms with Gasteiger partial charge in [-0.1, -0.05) is 48.7 Å². The third kappa shape index (κ3) is 3.15. The topological polar surface area (TPSA) is 104 Å². The van der Waals surface area contributed by atoms with E-state index in [4.69, 9.17) is 11.6 Å². The summed E-state index contributed by atoms with van der Waals surface area (Å²) in [5.74, 6) is -2.94. The Balaban J connectivity index is 1.68. The molecule has 1 heterocycles. The summed E-state index contributed by atoms with van der Waals surface area (Å²) in [6.45, 7) is 0. The number of benzene rings is 2. The van der Waals surface area contributed by atoms with Crippen molar-refractivity contribution in [2.24, 2.45) is 0 Å². The van der Waals surface area contributed by atoms with Crippen LogP contribution >= 0.6 is 11.6 Å². The molecule has 0 aromatic heterocycles. The summed E-state index contributed by atoms with van der Waals surface area (Å²) >= 11 is 5.87. The van der Waals surface area contributed by atoms with Crippen molar-refractivity contribution >= 4 is 35.3 Å². The van der Waals surface area contributed by atoms with E-state index in [1.165, 1.54) is 24.3 Å². The quantitative estimate of drug-likeness (QED) is 0.714. The van der Waals surface area contributed by atoms with E-state index in [1.54, 1.807) is 24.3 Å². The molecule has 1 aliphatic heterocycles. The summed E-state index contributed by atoms with van der Waals surface area (Å²) in [6, 6.07) is 11.2. The zero-order valence-electron chi connectivity index (χ0n) is 15.9. The molecule has 0 bridgehead atoms. The van der Waals surface area contributed by atoms with Gasteiger partial charge >= 0.3 is 5.97 Å². The fraction of sp³-hybridized carbons (Fsp3) is 0.273. The molecule has 0 saturated heterocycles. The Morgan fingerprint density at radius 1 is 0.967 bits per heavy atom. The fourth-order valence-electron chi connectivity index (χ4n) is 4.30. The minimum absolute atomic E-state index is 0.258. The number of amides is 3. The van der Waals surface area contributed by atoms with E-state index in [0.717, 1.165) is 4.90 Å². The lowest BCUT2D eigenvalue weighted by molar-refractivity contribution is -0.144. The summed E-state index contributed by atoms with van der Waals surface area (Å²) in [4.78, 5) is 52.4. The van der Waals surface area contributed by atoms with Gasteiger partial charge in [-0.2, -0.15) is 0 Å². The SMILES string of the molecule is O=C(O)[C@@H](NC(=O)C1(N2C(=O)c3ccccc3C2=O)CCCC1)c1ccc(Cl)cc1. The predicted octanol–water partition coefficient (Wildman–Crippen LogP) is 3.19. The predicted molar refractivity (Wildman–Crippen MR) is 108 cm³/mol. The van der Waals surface area contributed by atoms with Crippen LogP contribution in [0.25, 0.3) is 0 Å². The molecule has 7 nitrogen and oxygen atoms in total. The van der Waals surface area contributed by atoms with Gasteiger partial charge in [0.15, 0.2) is 6.04 Å². The van der Waals surface area contributed by atoms with Gasteiger partial charge in [-0.15, -0.1) is 0 Å². The molecule has 0 radical (unpaired) electrons. The highest BCUT2D eigenvalue weighted by Crippen LogP contribution is 2.41. The van der Waals surface area contributed by atoms with E-state index in [-0.39, 0.29) is 24.0 Å². The number of imide groups is 1. The largest absolute Gasteiger partial charge is 0.479 e. The van der Waals surface area contributed by atoms with Crippen molar-refractivity contribution in [3.63, 3.8) is 0 Å². The van der Waals surface area contributed by atoms with E-state index >= 15 is 0 Å².